The molecule has 2 aromatic rings. The van der Waals surface area contributed by atoms with Gasteiger partial charge in [-0.3, -0.25) is 0 Å². The zero-order valence-electron chi connectivity index (χ0n) is 10.8. The predicted molar refractivity (Wildman–Crippen MR) is 71.0 cm³/mol. The third-order valence-electron chi connectivity index (χ3n) is 3.03. The van der Waals surface area contributed by atoms with Gasteiger partial charge in [0.25, 0.3) is 0 Å². The molecule has 0 unspecified atom stereocenters. The van der Waals surface area contributed by atoms with Gasteiger partial charge in [0.2, 0.25) is 0 Å². The van der Waals surface area contributed by atoms with Crippen molar-refractivity contribution >= 4 is 11.2 Å². The van der Waals surface area contributed by atoms with Crippen molar-refractivity contribution in [2.45, 2.75) is 52.5 Å². The van der Waals surface area contributed by atoms with Crippen molar-refractivity contribution in [3.63, 3.8) is 0 Å². The lowest BCUT2D eigenvalue weighted by atomic mass is 10.2. The first kappa shape index (κ1) is 12.1. The van der Waals surface area contributed by atoms with Gasteiger partial charge in [-0.1, -0.05) is 33.1 Å². The highest BCUT2D eigenvalue weighted by Gasteiger charge is 2.04. The molecule has 2 aromatic heterocycles. The van der Waals surface area contributed by atoms with E-state index in [0.717, 1.165) is 30.6 Å². The van der Waals surface area contributed by atoms with Gasteiger partial charge in [-0.2, -0.15) is 0 Å². The van der Waals surface area contributed by atoms with E-state index in [2.05, 4.69) is 35.5 Å². The van der Waals surface area contributed by atoms with Gasteiger partial charge in [0.1, 0.15) is 5.52 Å². The number of hydrogen-bond acceptors (Lipinski definition) is 2. The summed E-state index contributed by atoms with van der Waals surface area (Å²) in [5, 5.41) is 0. The van der Waals surface area contributed by atoms with Crippen molar-refractivity contribution in [2.24, 2.45) is 0 Å². The Morgan fingerprint density at radius 1 is 1.12 bits per heavy atom. The third kappa shape index (κ3) is 2.84. The molecule has 0 bridgehead atoms. The van der Waals surface area contributed by atoms with Crippen LogP contribution in [0.25, 0.3) is 11.2 Å². The molecule has 92 valence electrons. The second-order valence-electron chi connectivity index (χ2n) is 4.54. The lowest BCUT2D eigenvalue weighted by Gasteiger charge is -2.04. The van der Waals surface area contributed by atoms with Crippen LogP contribution in [-0.4, -0.2) is 14.5 Å². The average molecular weight is 231 g/mol. The Kier molecular flexibility index (Phi) is 4.13. The fourth-order valence-electron chi connectivity index (χ4n) is 2.07. The van der Waals surface area contributed by atoms with E-state index in [1.54, 1.807) is 0 Å². The van der Waals surface area contributed by atoms with E-state index in [9.17, 15) is 0 Å². The normalized spacial score (nSPS) is 11.2. The van der Waals surface area contributed by atoms with Crippen LogP contribution in [0.4, 0.5) is 0 Å². The van der Waals surface area contributed by atoms with Gasteiger partial charge in [-0.05, 0) is 25.0 Å². The van der Waals surface area contributed by atoms with Crippen LogP contribution in [0.1, 0.15) is 45.2 Å². The quantitative estimate of drug-likeness (QED) is 0.711. The molecule has 0 fully saturated rings. The number of rotatable bonds is 6. The van der Waals surface area contributed by atoms with Crippen LogP contribution in [0.5, 0.6) is 0 Å². The van der Waals surface area contributed by atoms with Gasteiger partial charge in [-0.25, -0.2) is 9.97 Å². The van der Waals surface area contributed by atoms with Gasteiger partial charge >= 0.3 is 0 Å². The molecule has 0 aliphatic heterocycles. The van der Waals surface area contributed by atoms with Crippen molar-refractivity contribution in [3.05, 3.63) is 24.2 Å². The molecule has 0 aromatic carbocycles. The molecule has 0 radical (unpaired) electrons. The van der Waals surface area contributed by atoms with Crippen LogP contribution < -0.4 is 0 Å². The summed E-state index contributed by atoms with van der Waals surface area (Å²) in [7, 11) is 0. The number of aromatic nitrogens is 3. The van der Waals surface area contributed by atoms with Crippen LogP contribution in [0.15, 0.2) is 18.5 Å². The Morgan fingerprint density at radius 2 is 2.00 bits per heavy atom. The Bertz CT molecular complexity index is 473. The minimum absolute atomic E-state index is 1.02. The maximum atomic E-state index is 4.70. The van der Waals surface area contributed by atoms with Gasteiger partial charge < -0.3 is 4.57 Å². The molecule has 3 nitrogen and oxygen atoms in total. The monoisotopic (exact) mass is 231 g/mol. The molecule has 0 atom stereocenters. The van der Waals surface area contributed by atoms with Crippen molar-refractivity contribution in [1.82, 2.24) is 14.5 Å². The Labute approximate surface area is 103 Å². The van der Waals surface area contributed by atoms with Crippen molar-refractivity contribution in [2.75, 3.05) is 0 Å². The van der Waals surface area contributed by atoms with E-state index >= 15 is 0 Å². The maximum absolute atomic E-state index is 4.70. The molecule has 17 heavy (non-hydrogen) atoms. The predicted octanol–water partition coefficient (Wildman–Crippen LogP) is 3.57. The molecule has 0 amide bonds. The maximum Gasteiger partial charge on any atom is 0.160 e. The van der Waals surface area contributed by atoms with Gasteiger partial charge in [0.15, 0.2) is 5.65 Å². The third-order valence-corrected chi connectivity index (χ3v) is 3.03. The topological polar surface area (TPSA) is 30.7 Å². The zero-order chi connectivity index (χ0) is 12.1. The summed E-state index contributed by atoms with van der Waals surface area (Å²) in [5.74, 6) is 0. The Balaban J connectivity index is 2.20. The lowest BCUT2D eigenvalue weighted by molar-refractivity contribution is 0.609. The van der Waals surface area contributed by atoms with E-state index in [0.29, 0.717) is 0 Å². The van der Waals surface area contributed by atoms with E-state index in [-0.39, 0.29) is 0 Å². The summed E-state index contributed by atoms with van der Waals surface area (Å²) >= 11 is 0. The summed E-state index contributed by atoms with van der Waals surface area (Å²) in [6, 6.07) is 4.18. The number of nitrogens with zero attached hydrogens (tertiary/aromatic N) is 3. The van der Waals surface area contributed by atoms with E-state index < -0.39 is 0 Å². The summed E-state index contributed by atoms with van der Waals surface area (Å²) in [6.07, 6.45) is 7.85. The Morgan fingerprint density at radius 3 is 2.76 bits per heavy atom. The van der Waals surface area contributed by atoms with E-state index in [4.69, 9.17) is 4.98 Å². The summed E-state index contributed by atoms with van der Waals surface area (Å²) in [4.78, 5) is 9.10. The first-order valence-corrected chi connectivity index (χ1v) is 6.66. The van der Waals surface area contributed by atoms with Crippen LogP contribution in [0.3, 0.4) is 0 Å². The molecule has 2 rings (SSSR count). The highest BCUT2D eigenvalue weighted by Crippen LogP contribution is 2.13. The lowest BCUT2D eigenvalue weighted by Crippen LogP contribution is -1.99. The number of aryl methyl sites for hydroxylation is 2. The summed E-state index contributed by atoms with van der Waals surface area (Å²) in [6.45, 7) is 5.45. The van der Waals surface area contributed by atoms with Crippen molar-refractivity contribution in [1.29, 1.82) is 0 Å². The van der Waals surface area contributed by atoms with Crippen LogP contribution in [-0.2, 0) is 13.0 Å². The van der Waals surface area contributed by atoms with Crippen LogP contribution >= 0.6 is 0 Å². The SMILES string of the molecule is CCCCCn1cnc2ccc(CCC)nc21. The second-order valence-corrected chi connectivity index (χ2v) is 4.54. The first-order chi connectivity index (χ1) is 8.35. The minimum Gasteiger partial charge on any atom is -0.315 e. The highest BCUT2D eigenvalue weighted by molar-refractivity contribution is 5.70. The number of imidazole rings is 1. The summed E-state index contributed by atoms with van der Waals surface area (Å²) in [5.41, 5.74) is 3.24. The molecule has 0 spiro atoms. The molecule has 2 heterocycles. The first-order valence-electron chi connectivity index (χ1n) is 6.66. The molecule has 0 N–H and O–H groups in total. The summed E-state index contributed by atoms with van der Waals surface area (Å²) < 4.78 is 2.18. The van der Waals surface area contributed by atoms with Crippen molar-refractivity contribution < 1.29 is 0 Å². The fourth-order valence-corrected chi connectivity index (χ4v) is 2.07. The smallest absolute Gasteiger partial charge is 0.160 e. The van der Waals surface area contributed by atoms with E-state index in [1.807, 2.05) is 6.33 Å². The molecule has 0 aliphatic rings. The van der Waals surface area contributed by atoms with Crippen LogP contribution in [0.2, 0.25) is 0 Å². The number of pyridine rings is 1. The minimum atomic E-state index is 1.02. The second kappa shape index (κ2) is 5.80. The average Bonchev–Trinajstić information content (AvgIpc) is 2.73. The van der Waals surface area contributed by atoms with Gasteiger partial charge in [0.05, 0.1) is 6.33 Å². The van der Waals surface area contributed by atoms with Crippen LogP contribution in [0, 0.1) is 0 Å². The molecule has 0 saturated carbocycles. The molecule has 3 heteroatoms. The molecule has 0 aliphatic carbocycles. The molecular weight excluding hydrogens is 210 g/mol. The Hall–Kier alpha value is -1.38. The number of unbranched alkanes of at least 4 members (excludes halogenated alkanes) is 2. The highest BCUT2D eigenvalue weighted by atomic mass is 15.1. The fraction of sp³-hybridized carbons (Fsp3) is 0.571. The molecule has 0 saturated heterocycles. The number of fused-ring (bicyclic) bond motifs is 1. The molecular formula is C14H21N3. The zero-order valence-corrected chi connectivity index (χ0v) is 10.8. The standard InChI is InChI=1S/C14H21N3/c1-3-5-6-10-17-11-15-13-9-8-12(7-4-2)16-14(13)17/h8-9,11H,3-7,10H2,1-2H3. The van der Waals surface area contributed by atoms with Gasteiger partial charge in [0, 0.05) is 12.2 Å². The van der Waals surface area contributed by atoms with Crippen molar-refractivity contribution in [3.8, 4) is 0 Å². The van der Waals surface area contributed by atoms with E-state index in [1.165, 1.54) is 25.0 Å². The van der Waals surface area contributed by atoms with Gasteiger partial charge in [-0.15, -0.1) is 0 Å². The largest absolute Gasteiger partial charge is 0.315 e. The number of hydrogen-bond donors (Lipinski definition) is 0.